The summed E-state index contributed by atoms with van der Waals surface area (Å²) in [5, 5.41) is 22.3. The number of carbonyl (C=O) groups excluding carboxylic acids is 2. The molecule has 1 aliphatic carbocycles. The largest absolute Gasteiger partial charge is 0.496 e. The van der Waals surface area contributed by atoms with E-state index in [2.05, 4.69) is 14.7 Å². The summed E-state index contributed by atoms with van der Waals surface area (Å²) < 4.78 is 10.1. The molecular formula is C27H34N8O5S. The first-order chi connectivity index (χ1) is 19.2. The minimum absolute atomic E-state index is 0.140. The van der Waals surface area contributed by atoms with Gasteiger partial charge in [-0.1, -0.05) is 0 Å². The molecule has 2 N–H and O–H groups in total. The molecule has 0 unspecified atom stereocenters. The van der Waals surface area contributed by atoms with Crippen LogP contribution in [0.15, 0.2) is 16.7 Å². The van der Waals surface area contributed by atoms with Gasteiger partial charge in [-0.15, -0.1) is 0 Å². The number of carboxylic acid groups (broad SMARTS) is 1. The number of nitrogens with one attached hydrogen (secondary N) is 1. The molecule has 14 heteroatoms. The van der Waals surface area contributed by atoms with Crippen molar-refractivity contribution in [1.29, 1.82) is 0 Å². The number of amidine groups is 1. The Morgan fingerprint density at radius 2 is 1.90 bits per heavy atom. The van der Waals surface area contributed by atoms with Gasteiger partial charge in [0.1, 0.15) is 18.0 Å². The smallest absolute Gasteiger partial charge is 0.413 e. The second-order valence-electron chi connectivity index (χ2n) is 10.9. The first-order valence-electron chi connectivity index (χ1n) is 12.9. The molecule has 0 saturated carbocycles. The number of nitrogens with zero attached hydrogens (tertiary/aromatic N) is 7. The van der Waals surface area contributed by atoms with Gasteiger partial charge in [0.25, 0.3) is 5.91 Å². The molecule has 3 heterocycles. The number of rotatable bonds is 6. The van der Waals surface area contributed by atoms with Crippen LogP contribution in [0.5, 0.6) is 5.75 Å². The SMILES string of the molecule is COc1c(C)cnc(Cn2nc3cc(C(=O)NCC(=O)N(C)C)c4c-3c(n2)C(N(C(=O)O)C(C)(C)C)=NSC4)c1C. The van der Waals surface area contributed by atoms with E-state index in [1.54, 1.807) is 54.2 Å². The highest BCUT2D eigenvalue weighted by Gasteiger charge is 2.38. The van der Waals surface area contributed by atoms with Crippen LogP contribution in [0.3, 0.4) is 0 Å². The number of carbonyl (C=O) groups is 3. The van der Waals surface area contributed by atoms with Gasteiger partial charge in [-0.2, -0.15) is 19.4 Å². The number of hydrogen-bond donors (Lipinski definition) is 2. The lowest BCUT2D eigenvalue weighted by molar-refractivity contribution is -0.127. The minimum Gasteiger partial charge on any atom is -0.496 e. The van der Waals surface area contributed by atoms with Crippen molar-refractivity contribution in [2.75, 3.05) is 27.7 Å². The summed E-state index contributed by atoms with van der Waals surface area (Å²) in [6.45, 7) is 9.10. The van der Waals surface area contributed by atoms with Gasteiger partial charge in [-0.3, -0.25) is 19.5 Å². The average Bonchev–Trinajstić information content (AvgIpc) is 3.15. The van der Waals surface area contributed by atoms with Gasteiger partial charge in [-0.05, 0) is 58.2 Å². The first-order valence-corrected chi connectivity index (χ1v) is 13.8. The summed E-state index contributed by atoms with van der Waals surface area (Å²) in [7, 11) is 4.82. The van der Waals surface area contributed by atoms with Crippen LogP contribution >= 0.6 is 11.9 Å². The molecule has 2 aliphatic heterocycles. The number of aryl methyl sites for hydroxylation is 1. The molecule has 1 aromatic heterocycles. The Bertz CT molecular complexity index is 1520. The van der Waals surface area contributed by atoms with E-state index in [0.29, 0.717) is 33.8 Å². The summed E-state index contributed by atoms with van der Waals surface area (Å²) in [5.74, 6) is 0.436. The minimum atomic E-state index is -1.19. The highest BCUT2D eigenvalue weighted by molar-refractivity contribution is 7.97. The number of hydrogen-bond acceptors (Lipinski definition) is 9. The Hall–Kier alpha value is -4.20. The van der Waals surface area contributed by atoms with E-state index in [1.165, 1.54) is 14.6 Å². The predicted octanol–water partition coefficient (Wildman–Crippen LogP) is 2.96. The third-order valence-electron chi connectivity index (χ3n) is 6.67. The molecule has 1 aromatic rings. The first kappa shape index (κ1) is 29.8. The van der Waals surface area contributed by atoms with Crippen LogP contribution in [0.4, 0.5) is 4.79 Å². The molecule has 3 aliphatic rings. The molecule has 4 rings (SSSR count). The fraction of sp³-hybridized carbons (Fsp3) is 0.444. The highest BCUT2D eigenvalue weighted by Crippen LogP contribution is 2.39. The average molecular weight is 583 g/mol. The monoisotopic (exact) mass is 582 g/mol. The maximum absolute atomic E-state index is 13.3. The number of likely N-dealkylation sites (N-methyl/N-ethyl adjacent to an activating group) is 1. The molecule has 0 atom stereocenters. The van der Waals surface area contributed by atoms with Crippen molar-refractivity contribution in [2.45, 2.75) is 52.5 Å². The number of amides is 3. The lowest BCUT2D eigenvalue weighted by Crippen LogP contribution is -2.49. The molecule has 41 heavy (non-hydrogen) atoms. The predicted molar refractivity (Wildman–Crippen MR) is 154 cm³/mol. The van der Waals surface area contributed by atoms with E-state index in [1.807, 2.05) is 13.8 Å². The molecule has 0 spiro atoms. The standard InChI is InChI=1S/C27H34N8O5S/c1-14-10-28-19(15(2)23(14)40-8)12-34-30-18-9-16(25(37)29-11-20(36)33(6)7)17-13-41-32-24(22(31-34)21(17)18)35(26(38)39)27(3,4)5/h9-10H,11-13H2,1-8H3,(H,29,37)(H,38,39). The third kappa shape index (κ3) is 5.82. The number of ether oxygens (including phenoxy) is 1. The topological polar surface area (TPSA) is 155 Å². The molecule has 13 nitrogen and oxygen atoms in total. The highest BCUT2D eigenvalue weighted by atomic mass is 32.2. The van der Waals surface area contributed by atoms with Gasteiger partial charge in [0.2, 0.25) is 5.91 Å². The van der Waals surface area contributed by atoms with Crippen molar-refractivity contribution in [3.05, 3.63) is 45.9 Å². The summed E-state index contributed by atoms with van der Waals surface area (Å²) in [5.41, 5.74) is 3.75. The van der Waals surface area contributed by atoms with E-state index in [4.69, 9.17) is 14.9 Å². The van der Waals surface area contributed by atoms with E-state index in [9.17, 15) is 19.5 Å². The van der Waals surface area contributed by atoms with Gasteiger partial charge in [0.15, 0.2) is 5.84 Å². The van der Waals surface area contributed by atoms with Crippen molar-refractivity contribution >= 4 is 35.7 Å². The van der Waals surface area contributed by atoms with E-state index >= 15 is 0 Å². The summed E-state index contributed by atoms with van der Waals surface area (Å²) in [4.78, 5) is 46.4. The lowest BCUT2D eigenvalue weighted by Gasteiger charge is -2.33. The Morgan fingerprint density at radius 3 is 2.51 bits per heavy atom. The zero-order valence-corrected chi connectivity index (χ0v) is 25.2. The summed E-state index contributed by atoms with van der Waals surface area (Å²) in [6.07, 6.45) is 0.522. The maximum atomic E-state index is 13.3. The van der Waals surface area contributed by atoms with E-state index in [-0.39, 0.29) is 36.3 Å². The van der Waals surface area contributed by atoms with Crippen LogP contribution in [0, 0.1) is 13.8 Å². The van der Waals surface area contributed by atoms with Crippen molar-refractivity contribution in [3.8, 4) is 17.0 Å². The van der Waals surface area contributed by atoms with Crippen molar-refractivity contribution in [3.63, 3.8) is 0 Å². The molecule has 0 saturated heterocycles. The van der Waals surface area contributed by atoms with Crippen molar-refractivity contribution in [2.24, 2.45) is 4.40 Å². The van der Waals surface area contributed by atoms with Crippen LogP contribution < -0.4 is 10.1 Å². The lowest BCUT2D eigenvalue weighted by atomic mass is 10.0. The van der Waals surface area contributed by atoms with Gasteiger partial charge in [0.05, 0.1) is 25.0 Å². The Morgan fingerprint density at radius 1 is 1.20 bits per heavy atom. The van der Waals surface area contributed by atoms with E-state index in [0.717, 1.165) is 23.1 Å². The summed E-state index contributed by atoms with van der Waals surface area (Å²) in [6, 6.07) is 1.64. The van der Waals surface area contributed by atoms with Crippen molar-refractivity contribution in [1.82, 2.24) is 35.1 Å². The quantitative estimate of drug-likeness (QED) is 0.417. The molecule has 0 aromatic carbocycles. The fourth-order valence-electron chi connectivity index (χ4n) is 4.64. The summed E-state index contributed by atoms with van der Waals surface area (Å²) >= 11 is 1.12. The second-order valence-corrected chi connectivity index (χ2v) is 11.6. The Labute approximate surface area is 242 Å². The Kier molecular flexibility index (Phi) is 8.24. The Balaban J connectivity index is 1.90. The van der Waals surface area contributed by atoms with Crippen LogP contribution in [-0.4, -0.2) is 91.9 Å². The molecule has 0 bridgehead atoms. The molecule has 0 radical (unpaired) electrons. The maximum Gasteiger partial charge on any atom is 0.413 e. The van der Waals surface area contributed by atoms with Gasteiger partial charge >= 0.3 is 6.09 Å². The fourth-order valence-corrected chi connectivity index (χ4v) is 5.42. The molecular weight excluding hydrogens is 548 g/mol. The van der Waals surface area contributed by atoms with Gasteiger partial charge < -0.3 is 20.1 Å². The van der Waals surface area contributed by atoms with E-state index < -0.39 is 17.5 Å². The number of methoxy groups -OCH3 is 1. The van der Waals surface area contributed by atoms with Crippen LogP contribution in [0.25, 0.3) is 11.3 Å². The number of pyridine rings is 1. The van der Waals surface area contributed by atoms with Crippen LogP contribution in [0.2, 0.25) is 0 Å². The number of aromatic nitrogens is 4. The van der Waals surface area contributed by atoms with Gasteiger partial charge in [-0.25, -0.2) is 4.79 Å². The van der Waals surface area contributed by atoms with Gasteiger partial charge in [0, 0.05) is 53.8 Å². The zero-order valence-electron chi connectivity index (χ0n) is 24.4. The zero-order chi connectivity index (χ0) is 30.2. The second kappa shape index (κ2) is 11.4. The third-order valence-corrected chi connectivity index (χ3v) is 7.39. The molecule has 218 valence electrons. The molecule has 3 amide bonds. The normalized spacial score (nSPS) is 12.9. The molecule has 0 fully saturated rings. The van der Waals surface area contributed by atoms with Crippen molar-refractivity contribution < 1.29 is 24.2 Å². The van der Waals surface area contributed by atoms with Crippen LogP contribution in [-0.2, 0) is 17.1 Å². The van der Waals surface area contributed by atoms with Crippen LogP contribution in [0.1, 0.15) is 59.2 Å².